The van der Waals surface area contributed by atoms with Crippen molar-refractivity contribution in [2.45, 2.75) is 26.2 Å². The van der Waals surface area contributed by atoms with Gasteiger partial charge < -0.3 is 9.47 Å². The number of ether oxygens (including phenoxy) is 2. The Hall–Kier alpha value is -1.25. The van der Waals surface area contributed by atoms with Crippen molar-refractivity contribution in [2.24, 2.45) is 0 Å². The first-order valence-electron chi connectivity index (χ1n) is 5.07. The second kappa shape index (κ2) is 3.86. The van der Waals surface area contributed by atoms with Crippen molar-refractivity contribution in [3.63, 3.8) is 0 Å². The molecule has 2 heterocycles. The number of pyridine rings is 1. The van der Waals surface area contributed by atoms with Crippen molar-refractivity contribution in [1.82, 2.24) is 4.98 Å². The Balaban J connectivity index is 2.39. The number of aromatic nitrogens is 1. The highest BCUT2D eigenvalue weighted by Crippen LogP contribution is 2.36. The van der Waals surface area contributed by atoms with Crippen LogP contribution in [-0.2, 0) is 0 Å². The fraction of sp³-hybridized carbons (Fsp3) is 0.545. The van der Waals surface area contributed by atoms with Gasteiger partial charge in [-0.1, -0.05) is 13.8 Å². The maximum absolute atomic E-state index is 5.59. The second-order valence-corrected chi connectivity index (χ2v) is 3.54. The largest absolute Gasteiger partial charge is 0.484 e. The zero-order valence-electron chi connectivity index (χ0n) is 8.62. The molecule has 3 nitrogen and oxygen atoms in total. The van der Waals surface area contributed by atoms with Gasteiger partial charge in [-0.2, -0.15) is 0 Å². The van der Waals surface area contributed by atoms with Crippen LogP contribution in [0, 0.1) is 0 Å². The lowest BCUT2D eigenvalue weighted by molar-refractivity contribution is 0.162. The molecule has 1 atom stereocenters. The molecule has 2 rings (SSSR count). The Labute approximate surface area is 84.1 Å². The third kappa shape index (κ3) is 1.54. The van der Waals surface area contributed by atoms with Gasteiger partial charge >= 0.3 is 0 Å². The van der Waals surface area contributed by atoms with Gasteiger partial charge in [0.2, 0.25) is 0 Å². The van der Waals surface area contributed by atoms with Crippen LogP contribution in [0.15, 0.2) is 12.3 Å². The molecule has 1 aromatic heterocycles. The summed E-state index contributed by atoms with van der Waals surface area (Å²) >= 11 is 0. The molecule has 1 aliphatic rings. The highest BCUT2D eigenvalue weighted by Gasteiger charge is 2.19. The van der Waals surface area contributed by atoms with E-state index in [9.17, 15) is 0 Å². The van der Waals surface area contributed by atoms with Gasteiger partial charge in [-0.15, -0.1) is 0 Å². The summed E-state index contributed by atoms with van der Waals surface area (Å²) in [6.07, 6.45) is 2.88. The van der Waals surface area contributed by atoms with Crippen LogP contribution < -0.4 is 9.47 Å². The van der Waals surface area contributed by atoms with Crippen LogP contribution in [-0.4, -0.2) is 18.2 Å². The molecular formula is C11H15NO2. The predicted octanol–water partition coefficient (Wildman–Crippen LogP) is 2.37. The molecule has 0 spiro atoms. The predicted molar refractivity (Wildman–Crippen MR) is 53.9 cm³/mol. The second-order valence-electron chi connectivity index (χ2n) is 3.54. The number of hydrogen-bond acceptors (Lipinski definition) is 3. The Morgan fingerprint density at radius 2 is 2.21 bits per heavy atom. The lowest BCUT2D eigenvalue weighted by Crippen LogP contribution is -2.18. The molecule has 0 aromatic carbocycles. The number of rotatable bonds is 2. The van der Waals surface area contributed by atoms with Crippen LogP contribution in [0.2, 0.25) is 0 Å². The van der Waals surface area contributed by atoms with Gasteiger partial charge in [0, 0.05) is 11.8 Å². The summed E-state index contributed by atoms with van der Waals surface area (Å²) in [5.41, 5.74) is 1.21. The highest BCUT2D eigenvalue weighted by atomic mass is 16.6. The van der Waals surface area contributed by atoms with Gasteiger partial charge in [-0.05, 0) is 18.4 Å². The molecule has 0 saturated carbocycles. The Bertz CT molecular complexity index is 325. The average molecular weight is 193 g/mol. The Morgan fingerprint density at radius 3 is 3.00 bits per heavy atom. The van der Waals surface area contributed by atoms with Gasteiger partial charge in [-0.3, -0.25) is 0 Å². The first-order valence-corrected chi connectivity index (χ1v) is 5.07. The van der Waals surface area contributed by atoms with Crippen LogP contribution in [0.25, 0.3) is 0 Å². The van der Waals surface area contributed by atoms with E-state index in [1.807, 2.05) is 6.07 Å². The number of nitrogens with zero attached hydrogens (tertiary/aromatic N) is 1. The first-order chi connectivity index (χ1) is 6.83. The van der Waals surface area contributed by atoms with Crippen molar-refractivity contribution < 1.29 is 9.47 Å². The molecule has 1 aliphatic heterocycles. The lowest BCUT2D eigenvalue weighted by atomic mass is 9.99. The van der Waals surface area contributed by atoms with E-state index in [-0.39, 0.29) is 0 Å². The molecule has 0 amide bonds. The fourth-order valence-electron chi connectivity index (χ4n) is 1.58. The Kier molecular flexibility index (Phi) is 2.57. The quantitative estimate of drug-likeness (QED) is 0.722. The summed E-state index contributed by atoms with van der Waals surface area (Å²) in [5.74, 6) is 1.98. The lowest BCUT2D eigenvalue weighted by Gasteiger charge is -2.21. The van der Waals surface area contributed by atoms with Gasteiger partial charge in [0.05, 0.1) is 0 Å². The summed E-state index contributed by atoms with van der Waals surface area (Å²) in [6, 6.07) is 2.02. The van der Waals surface area contributed by atoms with Gasteiger partial charge in [0.25, 0.3) is 5.88 Å². The normalized spacial score (nSPS) is 16.4. The summed E-state index contributed by atoms with van der Waals surface area (Å²) in [4.78, 5) is 4.15. The van der Waals surface area contributed by atoms with E-state index in [1.165, 1.54) is 5.56 Å². The molecule has 0 saturated heterocycles. The number of fused-ring (bicyclic) bond motifs is 1. The number of hydrogen-bond donors (Lipinski definition) is 0. The molecule has 14 heavy (non-hydrogen) atoms. The van der Waals surface area contributed by atoms with Gasteiger partial charge in [0.1, 0.15) is 13.2 Å². The minimum Gasteiger partial charge on any atom is -0.484 e. The van der Waals surface area contributed by atoms with E-state index >= 15 is 0 Å². The smallest absolute Gasteiger partial charge is 0.257 e. The molecule has 0 radical (unpaired) electrons. The van der Waals surface area contributed by atoms with E-state index in [4.69, 9.17) is 9.47 Å². The third-order valence-electron chi connectivity index (χ3n) is 2.61. The molecule has 0 N–H and O–H groups in total. The van der Waals surface area contributed by atoms with Crippen molar-refractivity contribution in [1.29, 1.82) is 0 Å². The summed E-state index contributed by atoms with van der Waals surface area (Å²) in [7, 11) is 0. The summed E-state index contributed by atoms with van der Waals surface area (Å²) in [5, 5.41) is 0. The third-order valence-corrected chi connectivity index (χ3v) is 2.61. The van der Waals surface area contributed by atoms with E-state index in [0.29, 0.717) is 25.0 Å². The highest BCUT2D eigenvalue weighted by molar-refractivity contribution is 5.44. The van der Waals surface area contributed by atoms with Crippen molar-refractivity contribution in [3.8, 4) is 11.6 Å². The van der Waals surface area contributed by atoms with Crippen LogP contribution in [0.1, 0.15) is 31.7 Å². The van der Waals surface area contributed by atoms with Gasteiger partial charge in [0.15, 0.2) is 5.75 Å². The maximum atomic E-state index is 5.59. The monoisotopic (exact) mass is 193 g/mol. The maximum Gasteiger partial charge on any atom is 0.257 e. The zero-order valence-corrected chi connectivity index (χ0v) is 8.62. The Morgan fingerprint density at radius 1 is 1.43 bits per heavy atom. The van der Waals surface area contributed by atoms with E-state index < -0.39 is 0 Å². The zero-order chi connectivity index (χ0) is 9.97. The molecule has 3 heteroatoms. The standard InChI is InChI=1S/C11H15NO2/c1-3-8(2)9-4-5-12-11-10(9)13-6-7-14-11/h4-5,8H,3,6-7H2,1-2H3/t8-/m1/s1. The molecule has 1 aromatic rings. The van der Waals surface area contributed by atoms with Crippen LogP contribution in [0.4, 0.5) is 0 Å². The SMILES string of the molecule is CC[C@@H](C)c1ccnc2c1OCCO2. The van der Waals surface area contributed by atoms with E-state index in [0.717, 1.165) is 12.2 Å². The van der Waals surface area contributed by atoms with Crippen molar-refractivity contribution in [3.05, 3.63) is 17.8 Å². The molecule has 0 fully saturated rings. The van der Waals surface area contributed by atoms with E-state index in [1.54, 1.807) is 6.20 Å². The minimum atomic E-state index is 0.494. The first kappa shape index (κ1) is 9.31. The molecule has 76 valence electrons. The fourth-order valence-corrected chi connectivity index (χ4v) is 1.58. The van der Waals surface area contributed by atoms with Crippen molar-refractivity contribution >= 4 is 0 Å². The van der Waals surface area contributed by atoms with E-state index in [2.05, 4.69) is 18.8 Å². The average Bonchev–Trinajstić information content (AvgIpc) is 2.27. The topological polar surface area (TPSA) is 31.4 Å². The molecular weight excluding hydrogens is 178 g/mol. The van der Waals surface area contributed by atoms with Crippen LogP contribution in [0.3, 0.4) is 0 Å². The molecule has 0 bridgehead atoms. The minimum absolute atomic E-state index is 0.494. The van der Waals surface area contributed by atoms with Gasteiger partial charge in [-0.25, -0.2) is 4.98 Å². The van der Waals surface area contributed by atoms with Crippen LogP contribution in [0.5, 0.6) is 11.6 Å². The molecule has 0 aliphatic carbocycles. The molecule has 0 unspecified atom stereocenters. The van der Waals surface area contributed by atoms with Crippen LogP contribution >= 0.6 is 0 Å². The summed E-state index contributed by atoms with van der Waals surface area (Å²) < 4.78 is 11.0. The van der Waals surface area contributed by atoms with Crippen molar-refractivity contribution in [2.75, 3.05) is 13.2 Å². The summed E-state index contributed by atoms with van der Waals surface area (Å²) in [6.45, 7) is 5.58.